The smallest absolute Gasteiger partial charge is 0.156 e. The van der Waals surface area contributed by atoms with Crippen LogP contribution in [-0.2, 0) is 11.3 Å². The molecule has 0 amide bonds. The van der Waals surface area contributed by atoms with Crippen LogP contribution in [0.15, 0.2) is 23.6 Å². The van der Waals surface area contributed by atoms with E-state index in [4.69, 9.17) is 10.5 Å². The minimum absolute atomic E-state index is 0.308. The van der Waals surface area contributed by atoms with E-state index in [1.165, 1.54) is 23.5 Å². The number of anilines is 1. The molecule has 2 rings (SSSR count). The van der Waals surface area contributed by atoms with Crippen molar-refractivity contribution in [1.82, 2.24) is 0 Å². The molecule has 0 radical (unpaired) electrons. The molecule has 2 N–H and O–H groups in total. The van der Waals surface area contributed by atoms with Gasteiger partial charge in [0.15, 0.2) is 5.82 Å². The van der Waals surface area contributed by atoms with Gasteiger partial charge in [0.2, 0.25) is 0 Å². The van der Waals surface area contributed by atoms with Crippen molar-refractivity contribution in [2.24, 2.45) is 0 Å². The largest absolute Gasteiger partial charge is 0.394 e. The summed E-state index contributed by atoms with van der Waals surface area (Å²) in [7, 11) is 1.59. The zero-order valence-electron chi connectivity index (χ0n) is 9.17. The molecule has 1 aromatic heterocycles. The highest BCUT2D eigenvalue weighted by atomic mass is 32.1. The summed E-state index contributed by atoms with van der Waals surface area (Å²) >= 11 is 1.46. The molecule has 5 heteroatoms. The van der Waals surface area contributed by atoms with Crippen molar-refractivity contribution in [2.45, 2.75) is 6.61 Å². The van der Waals surface area contributed by atoms with Gasteiger partial charge in [0.05, 0.1) is 6.61 Å². The first-order valence-corrected chi connectivity index (χ1v) is 5.81. The predicted octanol–water partition coefficient (Wildman–Crippen LogP) is 3.42. The molecule has 2 aromatic rings. The first-order chi connectivity index (χ1) is 8.13. The highest BCUT2D eigenvalue weighted by molar-refractivity contribution is 7.10. The molecular weight excluding hydrogens is 244 g/mol. The van der Waals surface area contributed by atoms with Gasteiger partial charge in [-0.25, -0.2) is 8.78 Å². The van der Waals surface area contributed by atoms with E-state index in [0.29, 0.717) is 17.7 Å². The molecule has 1 aromatic carbocycles. The van der Waals surface area contributed by atoms with E-state index >= 15 is 0 Å². The lowest BCUT2D eigenvalue weighted by Crippen LogP contribution is -1.97. The molecule has 0 saturated carbocycles. The lowest BCUT2D eigenvalue weighted by molar-refractivity contribution is 0.187. The van der Waals surface area contributed by atoms with Crippen LogP contribution in [0, 0.1) is 11.6 Å². The Balaban J connectivity index is 2.42. The zero-order valence-corrected chi connectivity index (χ0v) is 9.98. The third-order valence-corrected chi connectivity index (χ3v) is 3.29. The maximum Gasteiger partial charge on any atom is 0.156 e. The minimum Gasteiger partial charge on any atom is -0.394 e. The highest BCUT2D eigenvalue weighted by Crippen LogP contribution is 2.31. The maximum atomic E-state index is 13.8. The number of ether oxygens (including phenoxy) is 1. The van der Waals surface area contributed by atoms with Gasteiger partial charge in [-0.15, -0.1) is 11.3 Å². The molecule has 1 heterocycles. The fourth-order valence-electron chi connectivity index (χ4n) is 1.53. The van der Waals surface area contributed by atoms with Crippen LogP contribution in [0.3, 0.4) is 0 Å². The van der Waals surface area contributed by atoms with Gasteiger partial charge < -0.3 is 10.5 Å². The lowest BCUT2D eigenvalue weighted by atomic mass is 10.1. The molecule has 0 unspecified atom stereocenters. The summed E-state index contributed by atoms with van der Waals surface area (Å²) < 4.78 is 31.8. The molecule has 0 aliphatic heterocycles. The summed E-state index contributed by atoms with van der Waals surface area (Å²) in [6.07, 6.45) is 0. The third kappa shape index (κ3) is 2.30. The number of rotatable bonds is 3. The average Bonchev–Trinajstić information content (AvgIpc) is 2.75. The SMILES string of the molecule is COCc1cc(-c2ccc(F)c(N)c2F)cs1. The van der Waals surface area contributed by atoms with Gasteiger partial charge in [-0.2, -0.15) is 0 Å². The number of methoxy groups -OCH3 is 1. The summed E-state index contributed by atoms with van der Waals surface area (Å²) in [5, 5.41) is 1.80. The Morgan fingerprint density at radius 3 is 2.82 bits per heavy atom. The van der Waals surface area contributed by atoms with Crippen molar-refractivity contribution < 1.29 is 13.5 Å². The number of hydrogen-bond donors (Lipinski definition) is 1. The van der Waals surface area contributed by atoms with Crippen LogP contribution in [0.4, 0.5) is 14.5 Å². The lowest BCUT2D eigenvalue weighted by Gasteiger charge is -2.04. The van der Waals surface area contributed by atoms with Crippen LogP contribution >= 0.6 is 11.3 Å². The van der Waals surface area contributed by atoms with Gasteiger partial charge in [0, 0.05) is 17.6 Å². The van der Waals surface area contributed by atoms with Gasteiger partial charge in [0.1, 0.15) is 11.5 Å². The Bertz CT molecular complexity index is 539. The number of nitrogens with two attached hydrogens (primary N) is 1. The van der Waals surface area contributed by atoms with Gasteiger partial charge in [-0.1, -0.05) is 0 Å². The normalized spacial score (nSPS) is 10.8. The van der Waals surface area contributed by atoms with Gasteiger partial charge in [0.25, 0.3) is 0 Å². The first kappa shape index (κ1) is 12.0. The maximum absolute atomic E-state index is 13.8. The topological polar surface area (TPSA) is 35.2 Å². The number of halogens is 2. The summed E-state index contributed by atoms with van der Waals surface area (Å²) in [6, 6.07) is 4.37. The van der Waals surface area contributed by atoms with Crippen LogP contribution in [0.5, 0.6) is 0 Å². The molecule has 0 saturated heterocycles. The molecule has 0 bridgehead atoms. The highest BCUT2D eigenvalue weighted by Gasteiger charge is 2.13. The average molecular weight is 255 g/mol. The molecule has 17 heavy (non-hydrogen) atoms. The van der Waals surface area contributed by atoms with Crippen molar-refractivity contribution in [3.05, 3.63) is 40.1 Å². The van der Waals surface area contributed by atoms with E-state index in [0.717, 1.165) is 4.88 Å². The molecule has 0 aliphatic rings. The van der Waals surface area contributed by atoms with Crippen LogP contribution in [0.1, 0.15) is 4.88 Å². The van der Waals surface area contributed by atoms with Gasteiger partial charge >= 0.3 is 0 Å². The fourth-order valence-corrected chi connectivity index (χ4v) is 2.39. The Kier molecular flexibility index (Phi) is 3.40. The third-order valence-electron chi connectivity index (χ3n) is 2.38. The van der Waals surface area contributed by atoms with E-state index in [-0.39, 0.29) is 0 Å². The second kappa shape index (κ2) is 4.81. The Hall–Kier alpha value is -1.46. The molecule has 2 nitrogen and oxygen atoms in total. The van der Waals surface area contributed by atoms with E-state index in [1.54, 1.807) is 12.5 Å². The summed E-state index contributed by atoms with van der Waals surface area (Å²) in [5.41, 5.74) is 5.87. The fraction of sp³-hybridized carbons (Fsp3) is 0.167. The van der Waals surface area contributed by atoms with Crippen LogP contribution in [-0.4, -0.2) is 7.11 Å². The molecule has 0 spiro atoms. The standard InChI is InChI=1S/C12H11F2NOS/c1-16-5-8-4-7(6-17-8)9-2-3-10(13)12(15)11(9)14/h2-4,6H,5,15H2,1H3. The number of hydrogen-bond acceptors (Lipinski definition) is 3. The van der Waals surface area contributed by atoms with Crippen LogP contribution < -0.4 is 5.73 Å². The van der Waals surface area contributed by atoms with Crippen molar-refractivity contribution in [3.8, 4) is 11.1 Å². The zero-order chi connectivity index (χ0) is 12.4. The molecule has 0 fully saturated rings. The number of nitrogen functional groups attached to an aromatic ring is 1. The van der Waals surface area contributed by atoms with E-state index in [2.05, 4.69) is 0 Å². The second-order valence-electron chi connectivity index (χ2n) is 3.56. The van der Waals surface area contributed by atoms with Crippen molar-refractivity contribution in [1.29, 1.82) is 0 Å². The monoisotopic (exact) mass is 255 g/mol. The minimum atomic E-state index is -0.737. The quantitative estimate of drug-likeness (QED) is 0.853. The molecule has 0 aliphatic carbocycles. The van der Waals surface area contributed by atoms with Gasteiger partial charge in [-0.05, 0) is 29.1 Å². The number of benzene rings is 1. The number of thiophene rings is 1. The van der Waals surface area contributed by atoms with E-state index in [9.17, 15) is 8.78 Å². The molecule has 90 valence electrons. The molecular formula is C12H11F2NOS. The summed E-state index contributed by atoms with van der Waals surface area (Å²) in [4.78, 5) is 0.977. The van der Waals surface area contributed by atoms with Crippen LogP contribution in [0.25, 0.3) is 11.1 Å². The Labute approximate surface area is 102 Å². The molecule has 0 atom stereocenters. The second-order valence-corrected chi connectivity index (χ2v) is 4.55. The van der Waals surface area contributed by atoms with E-state index < -0.39 is 17.3 Å². The summed E-state index contributed by atoms with van der Waals surface area (Å²) in [6.45, 7) is 0.475. The van der Waals surface area contributed by atoms with Gasteiger partial charge in [-0.3, -0.25) is 0 Å². The van der Waals surface area contributed by atoms with Crippen LogP contribution in [0.2, 0.25) is 0 Å². The summed E-state index contributed by atoms with van der Waals surface area (Å²) in [5.74, 6) is -1.45. The van der Waals surface area contributed by atoms with E-state index in [1.807, 2.05) is 6.07 Å². The Morgan fingerprint density at radius 1 is 1.35 bits per heavy atom. The predicted molar refractivity (Wildman–Crippen MR) is 64.8 cm³/mol. The van der Waals surface area contributed by atoms with Crippen molar-refractivity contribution >= 4 is 17.0 Å². The Morgan fingerprint density at radius 2 is 2.12 bits per heavy atom. The first-order valence-electron chi connectivity index (χ1n) is 4.93. The van der Waals surface area contributed by atoms with Crippen molar-refractivity contribution in [2.75, 3.05) is 12.8 Å². The van der Waals surface area contributed by atoms with Crippen molar-refractivity contribution in [3.63, 3.8) is 0 Å².